The van der Waals surface area contributed by atoms with E-state index in [9.17, 15) is 4.79 Å². The molecular weight excluding hydrogens is 206 g/mol. The maximum absolute atomic E-state index is 11.7. The van der Waals surface area contributed by atoms with E-state index in [1.54, 1.807) is 6.07 Å². The van der Waals surface area contributed by atoms with Gasteiger partial charge in [0, 0.05) is 0 Å². The monoisotopic (exact) mass is 227 g/mol. The number of nitriles is 1. The Morgan fingerprint density at radius 3 is 2.06 bits per heavy atom. The van der Waals surface area contributed by atoms with Gasteiger partial charge in [0.15, 0.2) is 5.41 Å². The first-order chi connectivity index (χ1) is 7.28. The van der Waals surface area contributed by atoms with Gasteiger partial charge < -0.3 is 9.84 Å². The Morgan fingerprint density at radius 1 is 1.38 bits per heavy atom. The van der Waals surface area contributed by atoms with Crippen LogP contribution in [0.15, 0.2) is 0 Å². The van der Waals surface area contributed by atoms with Gasteiger partial charge in [-0.2, -0.15) is 5.26 Å². The molecule has 0 bridgehead atoms. The van der Waals surface area contributed by atoms with E-state index in [4.69, 9.17) is 15.1 Å². The van der Waals surface area contributed by atoms with Crippen LogP contribution in [0.4, 0.5) is 0 Å². The molecule has 0 aromatic carbocycles. The first-order valence-electron chi connectivity index (χ1n) is 5.51. The quantitative estimate of drug-likeness (QED) is 0.726. The van der Waals surface area contributed by atoms with E-state index in [1.807, 2.05) is 27.7 Å². The number of carbonyl (C=O) groups excluding carboxylic acids is 1. The number of esters is 1. The highest BCUT2D eigenvalue weighted by atomic mass is 16.5. The van der Waals surface area contributed by atoms with Crippen LogP contribution in [0.5, 0.6) is 0 Å². The third-order valence-corrected chi connectivity index (χ3v) is 2.57. The van der Waals surface area contributed by atoms with Crippen LogP contribution in [0.3, 0.4) is 0 Å². The standard InChI is InChI=1S/C12H21NO3/c1-8(2)10(9(3)4)16-11(15)12(5,6-13)7-14/h8-10,14H,7H2,1-5H3/t12-/m0/s1. The smallest absolute Gasteiger partial charge is 0.328 e. The number of nitrogens with zero attached hydrogens (tertiary/aromatic N) is 1. The minimum atomic E-state index is -1.46. The predicted molar refractivity (Wildman–Crippen MR) is 60.4 cm³/mol. The number of aliphatic hydroxyl groups is 1. The fourth-order valence-electron chi connectivity index (χ4n) is 1.44. The van der Waals surface area contributed by atoms with Crippen molar-refractivity contribution >= 4 is 5.97 Å². The van der Waals surface area contributed by atoms with E-state index in [1.165, 1.54) is 6.92 Å². The third-order valence-electron chi connectivity index (χ3n) is 2.57. The highest BCUT2D eigenvalue weighted by Crippen LogP contribution is 2.22. The summed E-state index contributed by atoms with van der Waals surface area (Å²) in [5, 5.41) is 17.9. The molecule has 0 unspecified atom stereocenters. The Labute approximate surface area is 97.2 Å². The van der Waals surface area contributed by atoms with Crippen molar-refractivity contribution in [1.29, 1.82) is 5.26 Å². The molecule has 0 radical (unpaired) electrons. The number of aliphatic hydroxyl groups excluding tert-OH is 1. The molecule has 4 heteroatoms. The molecule has 16 heavy (non-hydrogen) atoms. The molecule has 92 valence electrons. The molecule has 0 spiro atoms. The third kappa shape index (κ3) is 3.49. The maximum Gasteiger partial charge on any atom is 0.328 e. The fourth-order valence-corrected chi connectivity index (χ4v) is 1.44. The van der Waals surface area contributed by atoms with Gasteiger partial charge in [0.1, 0.15) is 6.10 Å². The zero-order valence-electron chi connectivity index (χ0n) is 10.7. The van der Waals surface area contributed by atoms with E-state index in [-0.39, 0.29) is 17.9 Å². The summed E-state index contributed by atoms with van der Waals surface area (Å²) in [6.07, 6.45) is -0.230. The topological polar surface area (TPSA) is 70.3 Å². The van der Waals surface area contributed by atoms with Crippen molar-refractivity contribution in [2.24, 2.45) is 17.3 Å². The van der Waals surface area contributed by atoms with Crippen molar-refractivity contribution in [2.75, 3.05) is 6.61 Å². The van der Waals surface area contributed by atoms with Crippen LogP contribution in [0, 0.1) is 28.6 Å². The molecule has 0 aliphatic heterocycles. The lowest BCUT2D eigenvalue weighted by molar-refractivity contribution is -0.164. The van der Waals surface area contributed by atoms with Gasteiger partial charge in [0.2, 0.25) is 0 Å². The first kappa shape index (κ1) is 14.9. The molecule has 0 heterocycles. The number of carbonyl (C=O) groups is 1. The zero-order chi connectivity index (χ0) is 12.9. The van der Waals surface area contributed by atoms with Gasteiger partial charge in [0.05, 0.1) is 12.7 Å². The minimum absolute atomic E-state index is 0.186. The van der Waals surface area contributed by atoms with Crippen LogP contribution in [0.2, 0.25) is 0 Å². The normalized spacial score (nSPS) is 15.0. The number of hydrogen-bond donors (Lipinski definition) is 1. The predicted octanol–water partition coefficient (Wildman–Crippen LogP) is 1.73. The molecule has 0 aliphatic carbocycles. The van der Waals surface area contributed by atoms with Crippen molar-refractivity contribution in [3.8, 4) is 6.07 Å². The summed E-state index contributed by atoms with van der Waals surface area (Å²) in [6, 6.07) is 1.79. The van der Waals surface area contributed by atoms with Crippen LogP contribution in [-0.4, -0.2) is 23.8 Å². The van der Waals surface area contributed by atoms with Crippen LogP contribution >= 0.6 is 0 Å². The summed E-state index contributed by atoms with van der Waals surface area (Å²) in [7, 11) is 0. The minimum Gasteiger partial charge on any atom is -0.461 e. The lowest BCUT2D eigenvalue weighted by Gasteiger charge is -2.28. The van der Waals surface area contributed by atoms with Gasteiger partial charge in [-0.25, -0.2) is 0 Å². The zero-order valence-corrected chi connectivity index (χ0v) is 10.7. The Bertz CT molecular complexity index is 272. The average Bonchev–Trinajstić information content (AvgIpc) is 2.23. The maximum atomic E-state index is 11.7. The van der Waals surface area contributed by atoms with E-state index >= 15 is 0 Å². The molecule has 4 nitrogen and oxygen atoms in total. The summed E-state index contributed by atoms with van der Waals surface area (Å²) in [4.78, 5) is 11.7. The van der Waals surface area contributed by atoms with Gasteiger partial charge >= 0.3 is 5.97 Å². The SMILES string of the molecule is CC(C)C(OC(=O)[C@@](C)(C#N)CO)C(C)C. The molecule has 0 aliphatic rings. The molecule has 0 amide bonds. The molecular formula is C12H21NO3. The molecule has 0 saturated heterocycles. The van der Waals surface area contributed by atoms with Gasteiger partial charge in [-0.15, -0.1) is 0 Å². The van der Waals surface area contributed by atoms with Crippen LogP contribution in [0.1, 0.15) is 34.6 Å². The van der Waals surface area contributed by atoms with E-state index in [0.717, 1.165) is 0 Å². The van der Waals surface area contributed by atoms with Crippen molar-refractivity contribution in [3.63, 3.8) is 0 Å². The lowest BCUT2D eigenvalue weighted by Crippen LogP contribution is -2.38. The van der Waals surface area contributed by atoms with Gasteiger partial charge in [-0.1, -0.05) is 27.7 Å². The van der Waals surface area contributed by atoms with E-state index in [2.05, 4.69) is 0 Å². The summed E-state index contributed by atoms with van der Waals surface area (Å²) in [5.74, 6) is -0.277. The largest absolute Gasteiger partial charge is 0.461 e. The molecule has 0 fully saturated rings. The number of ether oxygens (including phenoxy) is 1. The van der Waals surface area contributed by atoms with E-state index < -0.39 is 18.0 Å². The van der Waals surface area contributed by atoms with Gasteiger partial charge in [0.25, 0.3) is 0 Å². The van der Waals surface area contributed by atoms with Gasteiger partial charge in [-0.05, 0) is 18.8 Å². The molecule has 0 aromatic rings. The molecule has 0 saturated carbocycles. The lowest BCUT2D eigenvalue weighted by atomic mass is 9.92. The summed E-state index contributed by atoms with van der Waals surface area (Å²) in [5.41, 5.74) is -1.46. The summed E-state index contributed by atoms with van der Waals surface area (Å²) >= 11 is 0. The average molecular weight is 227 g/mol. The fraction of sp³-hybridized carbons (Fsp3) is 0.833. The Kier molecular flexibility index (Phi) is 5.46. The summed E-state index contributed by atoms with van der Waals surface area (Å²) < 4.78 is 5.30. The van der Waals surface area contributed by atoms with Crippen molar-refractivity contribution in [1.82, 2.24) is 0 Å². The van der Waals surface area contributed by atoms with Gasteiger partial charge in [-0.3, -0.25) is 4.79 Å². The highest BCUT2D eigenvalue weighted by Gasteiger charge is 2.37. The second kappa shape index (κ2) is 5.86. The highest BCUT2D eigenvalue weighted by molar-refractivity contribution is 5.79. The second-order valence-corrected chi connectivity index (χ2v) is 4.96. The van der Waals surface area contributed by atoms with Crippen molar-refractivity contribution < 1.29 is 14.6 Å². The Morgan fingerprint density at radius 2 is 1.81 bits per heavy atom. The van der Waals surface area contributed by atoms with Crippen molar-refractivity contribution in [3.05, 3.63) is 0 Å². The molecule has 1 N–H and O–H groups in total. The second-order valence-electron chi connectivity index (χ2n) is 4.96. The molecule has 0 rings (SSSR count). The Hall–Kier alpha value is -1.08. The molecule has 1 atom stereocenters. The van der Waals surface area contributed by atoms with Crippen LogP contribution in [-0.2, 0) is 9.53 Å². The van der Waals surface area contributed by atoms with Crippen LogP contribution < -0.4 is 0 Å². The molecule has 0 aromatic heterocycles. The number of rotatable bonds is 5. The van der Waals surface area contributed by atoms with E-state index in [0.29, 0.717) is 0 Å². The first-order valence-corrected chi connectivity index (χ1v) is 5.51. The summed E-state index contributed by atoms with van der Waals surface area (Å²) in [6.45, 7) is 8.70. The number of hydrogen-bond acceptors (Lipinski definition) is 4. The Balaban J connectivity index is 4.72. The van der Waals surface area contributed by atoms with Crippen molar-refractivity contribution in [2.45, 2.75) is 40.7 Å². The van der Waals surface area contributed by atoms with Crippen LogP contribution in [0.25, 0.3) is 0 Å².